The Balaban J connectivity index is 2.07. The van der Waals surface area contributed by atoms with Crippen molar-refractivity contribution in [1.82, 2.24) is 14.2 Å². The molecule has 0 bridgehead atoms. The lowest BCUT2D eigenvalue weighted by Gasteiger charge is -2.31. The summed E-state index contributed by atoms with van der Waals surface area (Å²) in [5.74, 6) is 0.996. The predicted octanol–water partition coefficient (Wildman–Crippen LogP) is 1.09. The largest absolute Gasteiger partial charge is 0.373 e. The second kappa shape index (κ2) is 6.72. The van der Waals surface area contributed by atoms with Gasteiger partial charge in [-0.3, -0.25) is 0 Å². The van der Waals surface area contributed by atoms with Gasteiger partial charge in [0.15, 0.2) is 0 Å². The Labute approximate surface area is 127 Å². The normalized spacial score (nSPS) is 18.1. The van der Waals surface area contributed by atoms with Crippen LogP contribution in [0.1, 0.15) is 12.8 Å². The third kappa shape index (κ3) is 3.93. The summed E-state index contributed by atoms with van der Waals surface area (Å²) in [5.41, 5.74) is 0. The number of anilines is 1. The molecule has 1 N–H and O–H groups in total. The number of sulfonamides is 1. The summed E-state index contributed by atoms with van der Waals surface area (Å²) >= 11 is 0. The van der Waals surface area contributed by atoms with Gasteiger partial charge in [-0.2, -0.15) is 0 Å². The van der Waals surface area contributed by atoms with Crippen LogP contribution < -0.4 is 5.32 Å². The van der Waals surface area contributed by atoms with Gasteiger partial charge in [-0.05, 0) is 45.0 Å². The van der Waals surface area contributed by atoms with Crippen LogP contribution in [-0.4, -0.2) is 63.4 Å². The van der Waals surface area contributed by atoms with Crippen molar-refractivity contribution < 1.29 is 8.42 Å². The Morgan fingerprint density at radius 1 is 1.43 bits per heavy atom. The maximum Gasteiger partial charge on any atom is 0.243 e. The van der Waals surface area contributed by atoms with Gasteiger partial charge in [-0.15, -0.1) is 0 Å². The van der Waals surface area contributed by atoms with E-state index in [0.29, 0.717) is 18.3 Å². The van der Waals surface area contributed by atoms with E-state index in [4.69, 9.17) is 0 Å². The van der Waals surface area contributed by atoms with Gasteiger partial charge in [0.05, 0.1) is 4.90 Å². The molecule has 118 valence electrons. The second-order valence-corrected chi connectivity index (χ2v) is 7.70. The van der Waals surface area contributed by atoms with Gasteiger partial charge in [-0.25, -0.2) is 17.7 Å². The van der Waals surface area contributed by atoms with Crippen molar-refractivity contribution in [3.8, 4) is 0 Å². The van der Waals surface area contributed by atoms with Crippen molar-refractivity contribution in [3.63, 3.8) is 0 Å². The number of rotatable bonds is 5. The van der Waals surface area contributed by atoms with E-state index >= 15 is 0 Å². The van der Waals surface area contributed by atoms with Gasteiger partial charge in [0.1, 0.15) is 5.82 Å². The summed E-state index contributed by atoms with van der Waals surface area (Å²) in [6, 6.07) is 3.11. The Morgan fingerprint density at radius 2 is 2.10 bits per heavy atom. The average molecular weight is 312 g/mol. The molecule has 0 saturated carbocycles. The number of nitrogens with one attached hydrogen (secondary N) is 1. The minimum Gasteiger partial charge on any atom is -0.373 e. The van der Waals surface area contributed by atoms with Gasteiger partial charge in [-0.1, -0.05) is 0 Å². The summed E-state index contributed by atoms with van der Waals surface area (Å²) < 4.78 is 26.7. The van der Waals surface area contributed by atoms with E-state index in [1.165, 1.54) is 10.5 Å². The van der Waals surface area contributed by atoms with Crippen molar-refractivity contribution in [2.24, 2.45) is 5.92 Å². The molecule has 1 fully saturated rings. The van der Waals surface area contributed by atoms with Gasteiger partial charge in [0.2, 0.25) is 10.0 Å². The zero-order chi connectivity index (χ0) is 15.5. The van der Waals surface area contributed by atoms with E-state index < -0.39 is 10.0 Å². The molecule has 21 heavy (non-hydrogen) atoms. The quantitative estimate of drug-likeness (QED) is 0.881. The van der Waals surface area contributed by atoms with E-state index in [1.54, 1.807) is 26.2 Å². The first-order valence-corrected chi connectivity index (χ1v) is 8.66. The molecule has 1 aromatic rings. The zero-order valence-electron chi connectivity index (χ0n) is 12.9. The van der Waals surface area contributed by atoms with E-state index in [1.807, 2.05) is 0 Å². The fourth-order valence-electron chi connectivity index (χ4n) is 2.59. The average Bonchev–Trinajstić information content (AvgIpc) is 2.49. The minimum absolute atomic E-state index is 0.289. The first-order chi connectivity index (χ1) is 9.93. The van der Waals surface area contributed by atoms with Crippen molar-refractivity contribution in [3.05, 3.63) is 18.3 Å². The summed E-state index contributed by atoms with van der Waals surface area (Å²) in [7, 11) is 2.04. The zero-order valence-corrected chi connectivity index (χ0v) is 13.7. The SMILES string of the molecule is CNc1cc(S(=O)(=O)N(C)CC2CCN(C)CC2)ccn1. The summed E-state index contributed by atoms with van der Waals surface area (Å²) in [4.78, 5) is 6.63. The van der Waals surface area contributed by atoms with Gasteiger partial charge in [0, 0.05) is 32.9 Å². The standard InChI is InChI=1S/C14H24N4O2S/c1-15-14-10-13(4-7-16-14)21(19,20)18(3)11-12-5-8-17(2)9-6-12/h4,7,10,12H,5-6,8-9,11H2,1-3H3,(H,15,16). The van der Waals surface area contributed by atoms with Crippen LogP contribution in [0.2, 0.25) is 0 Å². The number of aromatic nitrogens is 1. The van der Waals surface area contributed by atoms with E-state index in [-0.39, 0.29) is 4.90 Å². The van der Waals surface area contributed by atoms with Gasteiger partial charge < -0.3 is 10.2 Å². The predicted molar refractivity (Wildman–Crippen MR) is 83.8 cm³/mol. The summed E-state index contributed by atoms with van der Waals surface area (Å²) in [6.45, 7) is 2.66. The molecule has 0 amide bonds. The second-order valence-electron chi connectivity index (χ2n) is 5.66. The third-order valence-electron chi connectivity index (χ3n) is 4.05. The number of likely N-dealkylation sites (tertiary alicyclic amines) is 1. The number of piperidine rings is 1. The van der Waals surface area contributed by atoms with E-state index in [0.717, 1.165) is 25.9 Å². The van der Waals surface area contributed by atoms with Crippen LogP contribution in [0, 0.1) is 5.92 Å². The molecule has 6 nitrogen and oxygen atoms in total. The Bertz CT molecular complexity index is 568. The smallest absolute Gasteiger partial charge is 0.243 e. The van der Waals surface area contributed by atoms with Crippen LogP contribution >= 0.6 is 0 Å². The molecular formula is C14H24N4O2S. The fourth-order valence-corrected chi connectivity index (χ4v) is 3.85. The Kier molecular flexibility index (Phi) is 5.18. The fraction of sp³-hybridized carbons (Fsp3) is 0.643. The number of pyridine rings is 1. The van der Waals surface area contributed by atoms with Crippen LogP contribution in [0.4, 0.5) is 5.82 Å². The molecule has 0 unspecified atom stereocenters. The highest BCUT2D eigenvalue weighted by molar-refractivity contribution is 7.89. The van der Waals surface area contributed by atoms with Crippen LogP contribution in [0.3, 0.4) is 0 Å². The van der Waals surface area contributed by atoms with Crippen LogP contribution in [-0.2, 0) is 10.0 Å². The molecule has 1 saturated heterocycles. The first kappa shape index (κ1) is 16.2. The monoisotopic (exact) mass is 312 g/mol. The maximum absolute atomic E-state index is 12.6. The molecule has 0 radical (unpaired) electrons. The topological polar surface area (TPSA) is 65.5 Å². The molecule has 2 rings (SSSR count). The lowest BCUT2D eigenvalue weighted by atomic mass is 9.97. The number of hydrogen-bond donors (Lipinski definition) is 1. The number of nitrogens with zero attached hydrogens (tertiary/aromatic N) is 3. The molecule has 1 aliphatic rings. The van der Waals surface area contributed by atoms with Crippen molar-refractivity contribution in [1.29, 1.82) is 0 Å². The molecule has 0 aromatic carbocycles. The highest BCUT2D eigenvalue weighted by atomic mass is 32.2. The van der Waals surface area contributed by atoms with E-state index in [2.05, 4.69) is 22.2 Å². The highest BCUT2D eigenvalue weighted by Crippen LogP contribution is 2.21. The lowest BCUT2D eigenvalue weighted by Crippen LogP contribution is -2.37. The van der Waals surface area contributed by atoms with Crippen molar-refractivity contribution in [2.75, 3.05) is 46.1 Å². The highest BCUT2D eigenvalue weighted by Gasteiger charge is 2.26. The molecule has 2 heterocycles. The molecular weight excluding hydrogens is 288 g/mol. The van der Waals surface area contributed by atoms with Crippen molar-refractivity contribution >= 4 is 15.8 Å². The van der Waals surface area contributed by atoms with Crippen LogP contribution in [0.15, 0.2) is 23.2 Å². The van der Waals surface area contributed by atoms with Crippen LogP contribution in [0.5, 0.6) is 0 Å². The van der Waals surface area contributed by atoms with E-state index in [9.17, 15) is 8.42 Å². The maximum atomic E-state index is 12.6. The van der Waals surface area contributed by atoms with Gasteiger partial charge >= 0.3 is 0 Å². The van der Waals surface area contributed by atoms with Crippen LogP contribution in [0.25, 0.3) is 0 Å². The number of hydrogen-bond acceptors (Lipinski definition) is 5. The first-order valence-electron chi connectivity index (χ1n) is 7.22. The molecule has 0 atom stereocenters. The Hall–Kier alpha value is -1.18. The Morgan fingerprint density at radius 3 is 2.71 bits per heavy atom. The minimum atomic E-state index is -3.44. The molecule has 0 aliphatic carbocycles. The lowest BCUT2D eigenvalue weighted by molar-refractivity contribution is 0.202. The summed E-state index contributed by atoms with van der Waals surface area (Å²) in [6.07, 6.45) is 3.62. The van der Waals surface area contributed by atoms with Gasteiger partial charge in [0.25, 0.3) is 0 Å². The molecule has 1 aromatic heterocycles. The summed E-state index contributed by atoms with van der Waals surface area (Å²) in [5, 5.41) is 2.87. The molecule has 0 spiro atoms. The molecule has 1 aliphatic heterocycles. The van der Waals surface area contributed by atoms with Crippen molar-refractivity contribution in [2.45, 2.75) is 17.7 Å². The third-order valence-corrected chi connectivity index (χ3v) is 5.87. The molecule has 7 heteroatoms.